The maximum absolute atomic E-state index is 5.67. The minimum absolute atomic E-state index is 0.465. The molecule has 1 atom stereocenters. The monoisotopic (exact) mass is 212 g/mol. The number of methoxy groups -OCH3 is 1. The van der Waals surface area contributed by atoms with Gasteiger partial charge in [-0.25, -0.2) is 0 Å². The van der Waals surface area contributed by atoms with Crippen LogP contribution in [0.2, 0.25) is 0 Å². The molecule has 2 N–H and O–H groups in total. The summed E-state index contributed by atoms with van der Waals surface area (Å²) in [6, 6.07) is 0. The third-order valence-electron chi connectivity index (χ3n) is 3.99. The van der Waals surface area contributed by atoms with E-state index in [1.807, 2.05) is 7.11 Å². The second kappa shape index (κ2) is 4.81. The van der Waals surface area contributed by atoms with Crippen molar-refractivity contribution in [1.82, 2.24) is 4.90 Å². The van der Waals surface area contributed by atoms with Gasteiger partial charge in [-0.3, -0.25) is 0 Å². The number of nitrogens with zero attached hydrogens (tertiary/aromatic N) is 1. The zero-order chi connectivity index (χ0) is 10.7. The standard InChI is InChI=1S/C12H24N2O/c1-15-11-3-2-8-14(9-11)10-12(4-5-12)6-7-13/h11H,2-10,13H2,1H3. The van der Waals surface area contributed by atoms with Gasteiger partial charge < -0.3 is 15.4 Å². The largest absolute Gasteiger partial charge is 0.380 e. The van der Waals surface area contributed by atoms with Gasteiger partial charge in [0.2, 0.25) is 0 Å². The SMILES string of the molecule is COC1CCCN(CC2(CCN)CC2)C1. The van der Waals surface area contributed by atoms with Crippen molar-refractivity contribution in [3.8, 4) is 0 Å². The summed E-state index contributed by atoms with van der Waals surface area (Å²) in [7, 11) is 1.83. The predicted octanol–water partition coefficient (Wildman–Crippen LogP) is 1.23. The fourth-order valence-corrected chi connectivity index (χ4v) is 2.79. The molecule has 15 heavy (non-hydrogen) atoms. The second-order valence-corrected chi connectivity index (χ2v) is 5.27. The lowest BCUT2D eigenvalue weighted by Gasteiger charge is -2.34. The highest BCUT2D eigenvalue weighted by atomic mass is 16.5. The van der Waals surface area contributed by atoms with Crippen molar-refractivity contribution < 1.29 is 4.74 Å². The minimum Gasteiger partial charge on any atom is -0.380 e. The van der Waals surface area contributed by atoms with E-state index in [2.05, 4.69) is 4.90 Å². The van der Waals surface area contributed by atoms with E-state index in [-0.39, 0.29) is 0 Å². The summed E-state index contributed by atoms with van der Waals surface area (Å²) in [5, 5.41) is 0. The molecule has 0 bridgehead atoms. The molecule has 0 aromatic carbocycles. The molecule has 2 rings (SSSR count). The fraction of sp³-hybridized carbons (Fsp3) is 1.00. The van der Waals surface area contributed by atoms with Crippen molar-refractivity contribution in [2.24, 2.45) is 11.1 Å². The summed E-state index contributed by atoms with van der Waals surface area (Å²) >= 11 is 0. The first-order valence-electron chi connectivity index (χ1n) is 6.23. The highest BCUT2D eigenvalue weighted by Gasteiger charge is 2.43. The molecule has 1 saturated carbocycles. The van der Waals surface area contributed by atoms with Gasteiger partial charge in [0.1, 0.15) is 0 Å². The van der Waals surface area contributed by atoms with E-state index in [0.717, 1.165) is 13.1 Å². The molecular formula is C12H24N2O. The van der Waals surface area contributed by atoms with E-state index < -0.39 is 0 Å². The van der Waals surface area contributed by atoms with Crippen LogP contribution in [0.3, 0.4) is 0 Å². The number of rotatable bonds is 5. The van der Waals surface area contributed by atoms with Crippen molar-refractivity contribution in [3.63, 3.8) is 0 Å². The van der Waals surface area contributed by atoms with Crippen molar-refractivity contribution in [1.29, 1.82) is 0 Å². The molecule has 0 aromatic rings. The van der Waals surface area contributed by atoms with Crippen molar-refractivity contribution in [3.05, 3.63) is 0 Å². The number of hydrogen-bond acceptors (Lipinski definition) is 3. The average molecular weight is 212 g/mol. The Kier molecular flexibility index (Phi) is 3.65. The zero-order valence-electron chi connectivity index (χ0n) is 9.87. The van der Waals surface area contributed by atoms with E-state index >= 15 is 0 Å². The number of likely N-dealkylation sites (tertiary alicyclic amines) is 1. The summed E-state index contributed by atoms with van der Waals surface area (Å²) in [5.41, 5.74) is 6.26. The van der Waals surface area contributed by atoms with Gasteiger partial charge >= 0.3 is 0 Å². The van der Waals surface area contributed by atoms with Crippen LogP contribution in [0.25, 0.3) is 0 Å². The van der Waals surface area contributed by atoms with E-state index in [0.29, 0.717) is 11.5 Å². The van der Waals surface area contributed by atoms with Gasteiger partial charge in [0, 0.05) is 20.2 Å². The van der Waals surface area contributed by atoms with E-state index in [4.69, 9.17) is 10.5 Å². The molecule has 0 spiro atoms. The van der Waals surface area contributed by atoms with E-state index in [1.165, 1.54) is 45.2 Å². The maximum Gasteiger partial charge on any atom is 0.0698 e. The van der Waals surface area contributed by atoms with Crippen LogP contribution in [0, 0.1) is 5.41 Å². The normalized spacial score (nSPS) is 30.4. The summed E-state index contributed by atoms with van der Waals surface area (Å²) in [4.78, 5) is 2.58. The van der Waals surface area contributed by atoms with Gasteiger partial charge in [-0.2, -0.15) is 0 Å². The first-order valence-corrected chi connectivity index (χ1v) is 6.23. The van der Waals surface area contributed by atoms with Crippen LogP contribution in [-0.2, 0) is 4.74 Å². The van der Waals surface area contributed by atoms with Crippen molar-refractivity contribution in [2.75, 3.05) is 33.3 Å². The molecule has 2 aliphatic rings. The summed E-state index contributed by atoms with van der Waals surface area (Å²) in [6.07, 6.45) is 6.97. The molecule has 1 unspecified atom stereocenters. The molecule has 1 aliphatic heterocycles. The number of nitrogens with two attached hydrogens (primary N) is 1. The Morgan fingerprint density at radius 3 is 2.87 bits per heavy atom. The molecule has 0 aromatic heterocycles. The Balaban J connectivity index is 1.78. The third-order valence-corrected chi connectivity index (χ3v) is 3.99. The average Bonchev–Trinajstić information content (AvgIpc) is 2.99. The number of hydrogen-bond donors (Lipinski definition) is 1. The van der Waals surface area contributed by atoms with Gasteiger partial charge in [-0.15, -0.1) is 0 Å². The topological polar surface area (TPSA) is 38.5 Å². The Morgan fingerprint density at radius 1 is 1.47 bits per heavy atom. The highest BCUT2D eigenvalue weighted by Crippen LogP contribution is 2.49. The van der Waals surface area contributed by atoms with Crippen molar-refractivity contribution in [2.45, 2.75) is 38.2 Å². The second-order valence-electron chi connectivity index (χ2n) is 5.27. The fourth-order valence-electron chi connectivity index (χ4n) is 2.79. The Bertz CT molecular complexity index is 204. The Labute approximate surface area is 93.0 Å². The molecule has 88 valence electrons. The summed E-state index contributed by atoms with van der Waals surface area (Å²) < 4.78 is 5.45. The van der Waals surface area contributed by atoms with Gasteiger partial charge in [0.05, 0.1) is 6.10 Å². The van der Waals surface area contributed by atoms with Crippen molar-refractivity contribution >= 4 is 0 Å². The lowest BCUT2D eigenvalue weighted by Crippen LogP contribution is -2.42. The van der Waals surface area contributed by atoms with Crippen LogP contribution < -0.4 is 5.73 Å². The van der Waals surface area contributed by atoms with Crippen LogP contribution in [0.5, 0.6) is 0 Å². The van der Waals surface area contributed by atoms with E-state index in [9.17, 15) is 0 Å². The van der Waals surface area contributed by atoms with Crippen LogP contribution in [-0.4, -0.2) is 44.3 Å². The molecular weight excluding hydrogens is 188 g/mol. The Hall–Kier alpha value is -0.120. The van der Waals surface area contributed by atoms with Crippen LogP contribution in [0.1, 0.15) is 32.1 Å². The van der Waals surface area contributed by atoms with E-state index in [1.54, 1.807) is 0 Å². The molecule has 1 saturated heterocycles. The molecule has 2 fully saturated rings. The van der Waals surface area contributed by atoms with Gasteiger partial charge in [-0.05, 0) is 50.6 Å². The molecule has 3 nitrogen and oxygen atoms in total. The molecule has 0 amide bonds. The summed E-state index contributed by atoms with van der Waals surface area (Å²) in [6.45, 7) is 4.49. The zero-order valence-corrected chi connectivity index (χ0v) is 9.87. The molecule has 1 aliphatic carbocycles. The van der Waals surface area contributed by atoms with Gasteiger partial charge in [-0.1, -0.05) is 0 Å². The summed E-state index contributed by atoms with van der Waals surface area (Å²) in [5.74, 6) is 0. The van der Waals surface area contributed by atoms with Gasteiger partial charge in [0.25, 0.3) is 0 Å². The maximum atomic E-state index is 5.67. The quantitative estimate of drug-likeness (QED) is 0.745. The van der Waals surface area contributed by atoms with Crippen LogP contribution in [0.4, 0.5) is 0 Å². The predicted molar refractivity (Wildman–Crippen MR) is 61.8 cm³/mol. The first kappa shape index (κ1) is 11.4. The first-order chi connectivity index (χ1) is 7.28. The third kappa shape index (κ3) is 2.92. The highest BCUT2D eigenvalue weighted by molar-refractivity contribution is 4.96. The molecule has 0 radical (unpaired) electrons. The lowest BCUT2D eigenvalue weighted by molar-refractivity contribution is 0.0237. The molecule has 1 heterocycles. The van der Waals surface area contributed by atoms with Gasteiger partial charge in [0.15, 0.2) is 0 Å². The minimum atomic E-state index is 0.465. The van der Waals surface area contributed by atoms with Crippen LogP contribution >= 0.6 is 0 Å². The van der Waals surface area contributed by atoms with Crippen LogP contribution in [0.15, 0.2) is 0 Å². The number of piperidine rings is 1. The smallest absolute Gasteiger partial charge is 0.0698 e. The lowest BCUT2D eigenvalue weighted by atomic mass is 9.99. The Morgan fingerprint density at radius 2 is 2.27 bits per heavy atom. The molecule has 3 heteroatoms. The number of ether oxygens (including phenoxy) is 1.